The predicted octanol–water partition coefficient (Wildman–Crippen LogP) is 1.54. The number of carbonyl (C=O) groups is 1. The molecule has 1 amide bonds. The van der Waals surface area contributed by atoms with Gasteiger partial charge in [-0.05, 0) is 37.8 Å². The quantitative estimate of drug-likeness (QED) is 0.912. The number of amides is 1. The highest BCUT2D eigenvalue weighted by Crippen LogP contribution is 2.22. The maximum absolute atomic E-state index is 11.9. The zero-order valence-corrected chi connectivity index (χ0v) is 11.7. The van der Waals surface area contributed by atoms with Gasteiger partial charge < -0.3 is 5.32 Å². The van der Waals surface area contributed by atoms with E-state index < -0.39 is 9.84 Å². The van der Waals surface area contributed by atoms with Crippen LogP contribution in [0.25, 0.3) is 0 Å². The van der Waals surface area contributed by atoms with Crippen molar-refractivity contribution in [1.82, 2.24) is 4.98 Å². The average Bonchev–Trinajstić information content (AvgIpc) is 2.32. The summed E-state index contributed by atoms with van der Waals surface area (Å²) in [6.45, 7) is 1.86. The van der Waals surface area contributed by atoms with E-state index in [1.165, 1.54) is 0 Å². The minimum Gasteiger partial charge on any atom is -0.311 e. The molecule has 0 unspecified atom stereocenters. The van der Waals surface area contributed by atoms with E-state index in [4.69, 9.17) is 0 Å². The molecule has 0 aromatic carbocycles. The third-order valence-corrected chi connectivity index (χ3v) is 5.02. The molecular weight excluding hydrogens is 264 g/mol. The van der Waals surface area contributed by atoms with E-state index in [9.17, 15) is 13.2 Å². The molecule has 1 aromatic rings. The van der Waals surface area contributed by atoms with Crippen molar-refractivity contribution in [3.05, 3.63) is 23.9 Å². The number of nitrogens with zero attached hydrogens (tertiary/aromatic N) is 1. The molecule has 5 nitrogen and oxygen atoms in total. The van der Waals surface area contributed by atoms with Gasteiger partial charge in [-0.15, -0.1) is 0 Å². The van der Waals surface area contributed by atoms with Crippen molar-refractivity contribution < 1.29 is 13.2 Å². The Labute approximate surface area is 113 Å². The molecule has 1 N–H and O–H groups in total. The van der Waals surface area contributed by atoms with Gasteiger partial charge in [0.25, 0.3) is 0 Å². The van der Waals surface area contributed by atoms with Crippen LogP contribution in [0.3, 0.4) is 0 Å². The number of carbonyl (C=O) groups excluding carboxylic acids is 1. The van der Waals surface area contributed by atoms with E-state index in [1.807, 2.05) is 19.1 Å². The molecule has 0 aliphatic carbocycles. The normalized spacial score (nSPS) is 19.0. The monoisotopic (exact) mass is 282 g/mol. The van der Waals surface area contributed by atoms with Crippen LogP contribution in [-0.4, -0.2) is 30.8 Å². The minimum atomic E-state index is -2.86. The molecule has 6 heteroatoms. The lowest BCUT2D eigenvalue weighted by Gasteiger charge is -2.21. The summed E-state index contributed by atoms with van der Waals surface area (Å²) in [6.07, 6.45) is 1.53. The fraction of sp³-hybridized carbons (Fsp3) is 0.538. The van der Waals surface area contributed by atoms with E-state index in [0.717, 1.165) is 5.69 Å². The first-order valence-corrected chi connectivity index (χ1v) is 8.21. The van der Waals surface area contributed by atoms with Crippen LogP contribution in [-0.2, 0) is 14.6 Å². The first-order chi connectivity index (χ1) is 8.94. The predicted molar refractivity (Wildman–Crippen MR) is 73.6 cm³/mol. The van der Waals surface area contributed by atoms with Crippen molar-refractivity contribution in [1.29, 1.82) is 0 Å². The fourth-order valence-corrected chi connectivity index (χ4v) is 3.80. The van der Waals surface area contributed by atoms with Gasteiger partial charge in [-0.1, -0.05) is 6.07 Å². The molecular formula is C13H18N2O3S. The molecule has 0 atom stereocenters. The molecule has 1 saturated heterocycles. The van der Waals surface area contributed by atoms with Crippen LogP contribution in [0.1, 0.15) is 25.0 Å². The lowest BCUT2D eigenvalue weighted by Crippen LogP contribution is -2.26. The van der Waals surface area contributed by atoms with E-state index in [2.05, 4.69) is 10.3 Å². The Kier molecular flexibility index (Phi) is 4.19. The molecule has 0 spiro atoms. The molecule has 1 aliphatic rings. The van der Waals surface area contributed by atoms with Gasteiger partial charge in [0.2, 0.25) is 5.91 Å². The highest BCUT2D eigenvalue weighted by Gasteiger charge is 2.25. The maximum atomic E-state index is 11.9. The number of anilines is 1. The standard InChI is InChI=1S/C13H18N2O3S/c1-10-3-2-4-12(14-10)15-13(16)9-11-5-7-19(17,18)8-6-11/h2-4,11H,5-9H2,1H3,(H,14,15,16). The molecule has 2 heterocycles. The van der Waals surface area contributed by atoms with Crippen LogP contribution >= 0.6 is 0 Å². The maximum Gasteiger partial charge on any atom is 0.225 e. The van der Waals surface area contributed by atoms with Gasteiger partial charge in [-0.25, -0.2) is 13.4 Å². The average molecular weight is 282 g/mol. The lowest BCUT2D eigenvalue weighted by molar-refractivity contribution is -0.117. The fourth-order valence-electron chi connectivity index (χ4n) is 2.21. The second kappa shape index (κ2) is 5.69. The SMILES string of the molecule is Cc1cccc(NC(=O)CC2CCS(=O)(=O)CC2)n1. The van der Waals surface area contributed by atoms with Crippen molar-refractivity contribution in [2.75, 3.05) is 16.8 Å². The van der Waals surface area contributed by atoms with Gasteiger partial charge in [-0.3, -0.25) is 4.79 Å². The van der Waals surface area contributed by atoms with Gasteiger partial charge >= 0.3 is 0 Å². The summed E-state index contributed by atoms with van der Waals surface area (Å²) in [4.78, 5) is 16.1. The smallest absolute Gasteiger partial charge is 0.225 e. The number of sulfone groups is 1. The Balaban J connectivity index is 1.85. The first kappa shape index (κ1) is 14.0. The third kappa shape index (κ3) is 4.31. The summed E-state index contributed by atoms with van der Waals surface area (Å²) in [6, 6.07) is 5.45. The first-order valence-electron chi connectivity index (χ1n) is 6.38. The Morgan fingerprint density at radius 1 is 1.37 bits per heavy atom. The minimum absolute atomic E-state index is 0.0950. The Morgan fingerprint density at radius 2 is 2.05 bits per heavy atom. The third-order valence-electron chi connectivity index (χ3n) is 3.30. The largest absolute Gasteiger partial charge is 0.311 e. The number of hydrogen-bond acceptors (Lipinski definition) is 4. The van der Waals surface area contributed by atoms with Gasteiger partial charge in [0.05, 0.1) is 11.5 Å². The number of nitrogens with one attached hydrogen (secondary N) is 1. The molecule has 1 fully saturated rings. The Hall–Kier alpha value is -1.43. The summed E-state index contributed by atoms with van der Waals surface area (Å²) in [5.41, 5.74) is 0.849. The van der Waals surface area contributed by atoms with E-state index >= 15 is 0 Å². The zero-order valence-electron chi connectivity index (χ0n) is 10.9. The van der Waals surface area contributed by atoms with E-state index in [0.29, 0.717) is 25.1 Å². The number of pyridine rings is 1. The summed E-state index contributed by atoms with van der Waals surface area (Å²) < 4.78 is 22.6. The van der Waals surface area contributed by atoms with Gasteiger partial charge in [-0.2, -0.15) is 0 Å². The van der Waals surface area contributed by atoms with Crippen molar-refractivity contribution >= 4 is 21.6 Å². The molecule has 1 aliphatic heterocycles. The lowest BCUT2D eigenvalue weighted by atomic mass is 9.98. The molecule has 2 rings (SSSR count). The van der Waals surface area contributed by atoms with Crippen LogP contribution in [0.5, 0.6) is 0 Å². The summed E-state index contributed by atoms with van der Waals surface area (Å²) in [7, 11) is -2.86. The molecule has 19 heavy (non-hydrogen) atoms. The Bertz CT molecular complexity index is 555. The van der Waals surface area contributed by atoms with Crippen LogP contribution in [0.2, 0.25) is 0 Å². The summed E-state index contributed by atoms with van der Waals surface area (Å²) in [5, 5.41) is 2.75. The van der Waals surface area contributed by atoms with Gasteiger partial charge in [0.15, 0.2) is 0 Å². The number of aromatic nitrogens is 1. The van der Waals surface area contributed by atoms with Gasteiger partial charge in [0, 0.05) is 12.1 Å². The molecule has 0 bridgehead atoms. The Morgan fingerprint density at radius 3 is 2.68 bits per heavy atom. The van der Waals surface area contributed by atoms with Crippen molar-refractivity contribution in [3.63, 3.8) is 0 Å². The van der Waals surface area contributed by atoms with Crippen LogP contribution < -0.4 is 5.32 Å². The molecule has 0 radical (unpaired) electrons. The number of rotatable bonds is 3. The van der Waals surface area contributed by atoms with Crippen LogP contribution in [0.4, 0.5) is 5.82 Å². The summed E-state index contributed by atoms with van der Waals surface area (Å²) in [5.74, 6) is 1.02. The second-order valence-electron chi connectivity index (χ2n) is 5.01. The molecule has 0 saturated carbocycles. The number of hydrogen-bond donors (Lipinski definition) is 1. The zero-order chi connectivity index (χ0) is 13.9. The molecule has 104 valence electrons. The second-order valence-corrected chi connectivity index (χ2v) is 7.32. The van der Waals surface area contributed by atoms with Crippen LogP contribution in [0.15, 0.2) is 18.2 Å². The van der Waals surface area contributed by atoms with Crippen LogP contribution in [0, 0.1) is 12.8 Å². The highest BCUT2D eigenvalue weighted by atomic mass is 32.2. The van der Waals surface area contributed by atoms with E-state index in [1.54, 1.807) is 6.07 Å². The van der Waals surface area contributed by atoms with Crippen molar-refractivity contribution in [3.8, 4) is 0 Å². The highest BCUT2D eigenvalue weighted by molar-refractivity contribution is 7.91. The number of aryl methyl sites for hydroxylation is 1. The van der Waals surface area contributed by atoms with Crippen molar-refractivity contribution in [2.45, 2.75) is 26.2 Å². The summed E-state index contributed by atoms with van der Waals surface area (Å²) >= 11 is 0. The van der Waals surface area contributed by atoms with Crippen molar-refractivity contribution in [2.24, 2.45) is 5.92 Å². The topological polar surface area (TPSA) is 76.1 Å². The van der Waals surface area contributed by atoms with Gasteiger partial charge in [0.1, 0.15) is 15.7 Å². The molecule has 1 aromatic heterocycles. The van der Waals surface area contributed by atoms with E-state index in [-0.39, 0.29) is 23.3 Å².